The Morgan fingerprint density at radius 1 is 0.788 bits per heavy atom. The number of nitrogens with zero attached hydrogens (tertiary/aromatic N) is 2. The zero-order valence-corrected chi connectivity index (χ0v) is 19.3. The minimum atomic E-state index is 0.0649. The summed E-state index contributed by atoms with van der Waals surface area (Å²) >= 11 is 0. The molecule has 0 saturated carbocycles. The molecule has 0 aromatic heterocycles. The molecule has 3 aromatic rings. The molecule has 2 fully saturated rings. The summed E-state index contributed by atoms with van der Waals surface area (Å²) in [5.41, 5.74) is 3.43. The van der Waals surface area contributed by atoms with E-state index in [1.165, 1.54) is 24.0 Å². The summed E-state index contributed by atoms with van der Waals surface area (Å²) in [7, 11) is 1.63. The molecule has 2 atom stereocenters. The maximum absolute atomic E-state index is 13.5. The molecule has 2 aliphatic rings. The zero-order chi connectivity index (χ0) is 22.6. The molecule has 0 radical (unpaired) electrons. The molecule has 170 valence electrons. The van der Waals surface area contributed by atoms with E-state index in [4.69, 9.17) is 4.74 Å². The van der Waals surface area contributed by atoms with E-state index in [-0.39, 0.29) is 5.91 Å². The number of para-hydroxylation sites is 1. The summed E-state index contributed by atoms with van der Waals surface area (Å²) in [5.74, 6) is 1.66. The topological polar surface area (TPSA) is 32.8 Å². The van der Waals surface area contributed by atoms with Crippen LogP contribution in [0.15, 0.2) is 84.9 Å². The largest absolute Gasteiger partial charge is 0.496 e. The summed E-state index contributed by atoms with van der Waals surface area (Å²) < 4.78 is 5.48. The Labute approximate surface area is 196 Å². The van der Waals surface area contributed by atoms with E-state index < -0.39 is 0 Å². The third-order valence-electron chi connectivity index (χ3n) is 7.41. The summed E-state index contributed by atoms with van der Waals surface area (Å²) in [6, 6.07) is 29.5. The minimum Gasteiger partial charge on any atom is -0.496 e. The molecule has 4 nitrogen and oxygen atoms in total. The Hall–Kier alpha value is -3.11. The van der Waals surface area contributed by atoms with Gasteiger partial charge >= 0.3 is 0 Å². The van der Waals surface area contributed by atoms with Crippen molar-refractivity contribution >= 4 is 5.91 Å². The van der Waals surface area contributed by atoms with E-state index in [0.717, 1.165) is 26.2 Å². The lowest BCUT2D eigenvalue weighted by atomic mass is 9.87. The van der Waals surface area contributed by atoms with Gasteiger partial charge in [0.1, 0.15) is 5.75 Å². The fourth-order valence-corrected chi connectivity index (χ4v) is 5.63. The molecule has 33 heavy (non-hydrogen) atoms. The van der Waals surface area contributed by atoms with Gasteiger partial charge in [-0.3, -0.25) is 9.69 Å². The average Bonchev–Trinajstić information content (AvgIpc) is 3.35. The van der Waals surface area contributed by atoms with E-state index >= 15 is 0 Å². The number of ether oxygens (including phenoxy) is 1. The highest BCUT2D eigenvalue weighted by Crippen LogP contribution is 2.36. The first-order valence-electron chi connectivity index (χ1n) is 12.0. The second-order valence-corrected chi connectivity index (χ2v) is 9.22. The molecule has 5 rings (SSSR count). The van der Waals surface area contributed by atoms with Crippen molar-refractivity contribution < 1.29 is 9.53 Å². The van der Waals surface area contributed by atoms with Crippen LogP contribution in [0.3, 0.4) is 0 Å². The molecule has 4 heteroatoms. The van der Waals surface area contributed by atoms with Gasteiger partial charge in [-0.1, -0.05) is 72.8 Å². The third kappa shape index (κ3) is 4.53. The molecule has 0 unspecified atom stereocenters. The molecule has 1 amide bonds. The van der Waals surface area contributed by atoms with Gasteiger partial charge in [-0.2, -0.15) is 0 Å². The van der Waals surface area contributed by atoms with Crippen LogP contribution in [0.2, 0.25) is 0 Å². The summed E-state index contributed by atoms with van der Waals surface area (Å²) in [6.07, 6.45) is 2.34. The molecule has 0 spiro atoms. The Morgan fingerprint density at radius 3 is 2.06 bits per heavy atom. The number of likely N-dealkylation sites (tertiary alicyclic amines) is 2. The van der Waals surface area contributed by atoms with Crippen LogP contribution in [0.4, 0.5) is 0 Å². The van der Waals surface area contributed by atoms with Gasteiger partial charge in [0.25, 0.3) is 5.91 Å². The van der Waals surface area contributed by atoms with Crippen molar-refractivity contribution in [3.05, 3.63) is 102 Å². The normalized spacial score (nSPS) is 21.8. The molecule has 0 bridgehead atoms. The second-order valence-electron chi connectivity index (χ2n) is 9.22. The fourth-order valence-electron chi connectivity index (χ4n) is 5.63. The van der Waals surface area contributed by atoms with Crippen molar-refractivity contribution in [1.82, 2.24) is 9.80 Å². The minimum absolute atomic E-state index is 0.0649. The van der Waals surface area contributed by atoms with E-state index in [2.05, 4.69) is 65.6 Å². The molecule has 0 aliphatic carbocycles. The predicted molar refractivity (Wildman–Crippen MR) is 132 cm³/mol. The molecule has 2 heterocycles. The number of carbonyl (C=O) groups excluding carboxylic acids is 1. The molecular weight excluding hydrogens is 408 g/mol. The lowest BCUT2D eigenvalue weighted by Crippen LogP contribution is -2.45. The van der Waals surface area contributed by atoms with Gasteiger partial charge in [-0.15, -0.1) is 0 Å². The van der Waals surface area contributed by atoms with Gasteiger partial charge in [-0.25, -0.2) is 0 Å². The fraction of sp³-hybridized carbons (Fsp3) is 0.345. The number of hydrogen-bond donors (Lipinski definition) is 0. The van der Waals surface area contributed by atoms with Crippen LogP contribution in [0.5, 0.6) is 5.75 Å². The highest BCUT2D eigenvalue weighted by molar-refractivity contribution is 5.97. The molecule has 3 aromatic carbocycles. The summed E-state index contributed by atoms with van der Waals surface area (Å²) in [6.45, 7) is 3.64. The number of carbonyl (C=O) groups is 1. The number of piperidine rings is 1. The first-order chi connectivity index (χ1) is 16.2. The van der Waals surface area contributed by atoms with Crippen molar-refractivity contribution in [3.63, 3.8) is 0 Å². The van der Waals surface area contributed by atoms with Crippen LogP contribution < -0.4 is 4.74 Å². The highest BCUT2D eigenvalue weighted by Gasteiger charge is 2.41. The predicted octanol–water partition coefficient (Wildman–Crippen LogP) is 5.18. The molecule has 0 N–H and O–H groups in total. The van der Waals surface area contributed by atoms with Gasteiger partial charge in [0.05, 0.1) is 12.7 Å². The van der Waals surface area contributed by atoms with Crippen molar-refractivity contribution in [1.29, 1.82) is 0 Å². The van der Waals surface area contributed by atoms with E-state index in [9.17, 15) is 4.79 Å². The number of amides is 1. The van der Waals surface area contributed by atoms with Crippen molar-refractivity contribution in [2.24, 2.45) is 0 Å². The second kappa shape index (κ2) is 9.80. The molecular formula is C29H32N2O2. The van der Waals surface area contributed by atoms with Gasteiger partial charge in [-0.05, 0) is 55.1 Å². The maximum Gasteiger partial charge on any atom is 0.257 e. The lowest BCUT2D eigenvalue weighted by molar-refractivity contribution is 0.0766. The lowest BCUT2D eigenvalue weighted by Gasteiger charge is -2.38. The first kappa shape index (κ1) is 21.7. The van der Waals surface area contributed by atoms with Gasteiger partial charge in [0.2, 0.25) is 0 Å². The molecule has 2 aliphatic heterocycles. The number of benzene rings is 3. The van der Waals surface area contributed by atoms with Crippen LogP contribution in [-0.2, 0) is 0 Å². The maximum atomic E-state index is 13.5. The number of hydrogen-bond acceptors (Lipinski definition) is 3. The number of rotatable bonds is 5. The van der Waals surface area contributed by atoms with Gasteiger partial charge < -0.3 is 9.64 Å². The summed E-state index contributed by atoms with van der Waals surface area (Å²) in [4.78, 5) is 18.2. The van der Waals surface area contributed by atoms with Crippen LogP contribution in [0.1, 0.15) is 46.2 Å². The van der Waals surface area contributed by atoms with Crippen molar-refractivity contribution in [2.45, 2.75) is 30.7 Å². The Morgan fingerprint density at radius 2 is 1.39 bits per heavy atom. The smallest absolute Gasteiger partial charge is 0.257 e. The van der Waals surface area contributed by atoms with Crippen LogP contribution in [0.25, 0.3) is 0 Å². The quantitative estimate of drug-likeness (QED) is 0.548. The van der Waals surface area contributed by atoms with Crippen LogP contribution >= 0.6 is 0 Å². The average molecular weight is 441 g/mol. The zero-order valence-electron chi connectivity index (χ0n) is 19.3. The van der Waals surface area contributed by atoms with Crippen LogP contribution in [0, 0.1) is 0 Å². The van der Waals surface area contributed by atoms with Gasteiger partial charge in [0, 0.05) is 25.0 Å². The Balaban J connectivity index is 1.35. The van der Waals surface area contributed by atoms with E-state index in [1.54, 1.807) is 7.11 Å². The van der Waals surface area contributed by atoms with E-state index in [1.807, 2.05) is 29.2 Å². The monoisotopic (exact) mass is 440 g/mol. The Bertz CT molecular complexity index is 1060. The standard InChI is InChI=1S/C29H32N2O2/c1-33-28-15-9-8-14-25(28)29(32)31-20-26(24-12-6-3-7-13-24)27(21-31)30-18-16-23(17-19-30)22-10-4-2-5-11-22/h2-15,23,26-27H,16-21H2,1H3/t26-,27+/m0/s1. The first-order valence-corrected chi connectivity index (χ1v) is 12.0. The van der Waals surface area contributed by atoms with Gasteiger partial charge in [0.15, 0.2) is 0 Å². The van der Waals surface area contributed by atoms with Crippen LogP contribution in [-0.4, -0.2) is 55.0 Å². The number of methoxy groups -OCH3 is 1. The highest BCUT2D eigenvalue weighted by atomic mass is 16.5. The van der Waals surface area contributed by atoms with E-state index in [0.29, 0.717) is 29.2 Å². The van der Waals surface area contributed by atoms with Crippen molar-refractivity contribution in [3.8, 4) is 5.75 Å². The molecule has 2 saturated heterocycles. The third-order valence-corrected chi connectivity index (χ3v) is 7.41. The SMILES string of the molecule is COc1ccccc1C(=O)N1C[C@@H](N2CCC(c3ccccc3)CC2)[C@H](c2ccccc2)C1. The summed E-state index contributed by atoms with van der Waals surface area (Å²) in [5, 5.41) is 0. The van der Waals surface area contributed by atoms with Crippen molar-refractivity contribution in [2.75, 3.05) is 33.3 Å². The Kier molecular flexibility index (Phi) is 6.45.